The number of nitrogens with zero attached hydrogens (tertiary/aromatic N) is 3. The van der Waals surface area contributed by atoms with Gasteiger partial charge in [-0.15, -0.1) is 0 Å². The molecule has 2 aromatic rings. The Bertz CT molecular complexity index is 563. The molecule has 0 unspecified atom stereocenters. The van der Waals surface area contributed by atoms with E-state index in [1.165, 1.54) is 10.0 Å². The first kappa shape index (κ1) is 13.2. The molecule has 0 radical (unpaired) electrons. The van der Waals surface area contributed by atoms with Crippen molar-refractivity contribution in [3.8, 4) is 0 Å². The highest BCUT2D eigenvalue weighted by molar-refractivity contribution is 9.10. The lowest BCUT2D eigenvalue weighted by Gasteiger charge is -2.39. The molecule has 1 aromatic heterocycles. The van der Waals surface area contributed by atoms with Gasteiger partial charge in [0.2, 0.25) is 0 Å². The van der Waals surface area contributed by atoms with Gasteiger partial charge in [-0.2, -0.15) is 5.10 Å². The van der Waals surface area contributed by atoms with Crippen LogP contribution >= 0.6 is 27.5 Å². The van der Waals surface area contributed by atoms with Crippen molar-refractivity contribution >= 4 is 27.5 Å². The molecule has 3 nitrogen and oxygen atoms in total. The molecule has 1 aliphatic rings. The minimum Gasteiger partial charge on any atom is -0.298 e. The second kappa shape index (κ2) is 5.65. The van der Waals surface area contributed by atoms with Crippen molar-refractivity contribution in [3.63, 3.8) is 0 Å². The third-order valence-electron chi connectivity index (χ3n) is 3.43. The van der Waals surface area contributed by atoms with Crippen LogP contribution in [0.3, 0.4) is 0 Å². The zero-order valence-corrected chi connectivity index (χ0v) is 12.8. The van der Waals surface area contributed by atoms with E-state index < -0.39 is 0 Å². The van der Waals surface area contributed by atoms with Crippen molar-refractivity contribution in [2.75, 3.05) is 13.1 Å². The SMILES string of the molecule is Clc1cnn(CC2CN(Cc3ccccc3Br)C2)c1. The minimum atomic E-state index is 0.679. The quantitative estimate of drug-likeness (QED) is 0.850. The van der Waals surface area contributed by atoms with Crippen LogP contribution in [0.4, 0.5) is 0 Å². The smallest absolute Gasteiger partial charge is 0.0785 e. The molecule has 0 amide bonds. The normalized spacial score (nSPS) is 16.5. The number of rotatable bonds is 4. The highest BCUT2D eigenvalue weighted by atomic mass is 79.9. The number of likely N-dealkylation sites (tertiary alicyclic amines) is 1. The summed E-state index contributed by atoms with van der Waals surface area (Å²) < 4.78 is 3.13. The van der Waals surface area contributed by atoms with Crippen LogP contribution in [0.1, 0.15) is 5.56 Å². The molecule has 19 heavy (non-hydrogen) atoms. The van der Waals surface area contributed by atoms with Gasteiger partial charge in [-0.1, -0.05) is 45.7 Å². The molecule has 0 aliphatic carbocycles. The van der Waals surface area contributed by atoms with Gasteiger partial charge in [0, 0.05) is 42.8 Å². The van der Waals surface area contributed by atoms with Crippen molar-refractivity contribution in [2.24, 2.45) is 5.92 Å². The zero-order valence-electron chi connectivity index (χ0n) is 10.5. The van der Waals surface area contributed by atoms with Crippen LogP contribution in [-0.4, -0.2) is 27.8 Å². The van der Waals surface area contributed by atoms with E-state index in [4.69, 9.17) is 11.6 Å². The Labute approximate surface area is 126 Å². The van der Waals surface area contributed by atoms with Crippen molar-refractivity contribution in [2.45, 2.75) is 13.1 Å². The molecule has 0 N–H and O–H groups in total. The monoisotopic (exact) mass is 339 g/mol. The summed E-state index contributed by atoms with van der Waals surface area (Å²) in [5.74, 6) is 0.679. The van der Waals surface area contributed by atoms with Crippen molar-refractivity contribution < 1.29 is 0 Å². The first-order valence-electron chi connectivity index (χ1n) is 6.34. The Morgan fingerprint density at radius 1 is 1.32 bits per heavy atom. The summed E-state index contributed by atoms with van der Waals surface area (Å²) >= 11 is 9.45. The maximum absolute atomic E-state index is 5.86. The zero-order chi connectivity index (χ0) is 13.2. The van der Waals surface area contributed by atoms with E-state index in [0.717, 1.165) is 26.2 Å². The van der Waals surface area contributed by atoms with Crippen LogP contribution in [0.15, 0.2) is 41.1 Å². The lowest BCUT2D eigenvalue weighted by atomic mass is 9.99. The van der Waals surface area contributed by atoms with Gasteiger partial charge in [0.1, 0.15) is 0 Å². The van der Waals surface area contributed by atoms with E-state index in [-0.39, 0.29) is 0 Å². The van der Waals surface area contributed by atoms with E-state index in [1.54, 1.807) is 6.20 Å². The summed E-state index contributed by atoms with van der Waals surface area (Å²) in [4.78, 5) is 2.45. The molecule has 5 heteroatoms. The van der Waals surface area contributed by atoms with E-state index in [1.807, 2.05) is 16.9 Å². The number of aromatic nitrogens is 2. The summed E-state index contributed by atoms with van der Waals surface area (Å²) in [6.07, 6.45) is 3.58. The van der Waals surface area contributed by atoms with Gasteiger partial charge in [0.05, 0.1) is 11.2 Å². The molecule has 1 aromatic carbocycles. The molecular weight excluding hydrogens is 326 g/mol. The van der Waals surface area contributed by atoms with Gasteiger partial charge >= 0.3 is 0 Å². The Morgan fingerprint density at radius 2 is 2.11 bits per heavy atom. The fraction of sp³-hybridized carbons (Fsp3) is 0.357. The Kier molecular flexibility index (Phi) is 3.91. The third kappa shape index (κ3) is 3.19. The molecular formula is C14H15BrClN3. The van der Waals surface area contributed by atoms with E-state index in [0.29, 0.717) is 10.9 Å². The van der Waals surface area contributed by atoms with E-state index in [2.05, 4.69) is 44.1 Å². The first-order valence-corrected chi connectivity index (χ1v) is 7.51. The second-order valence-corrected chi connectivity index (χ2v) is 6.32. The molecule has 1 saturated heterocycles. The average molecular weight is 341 g/mol. The molecule has 0 saturated carbocycles. The predicted octanol–water partition coefficient (Wildman–Crippen LogP) is 3.43. The third-order valence-corrected chi connectivity index (χ3v) is 4.40. The summed E-state index contributed by atoms with van der Waals surface area (Å²) in [6.45, 7) is 4.22. The Hall–Kier alpha value is -0.840. The van der Waals surface area contributed by atoms with Crippen LogP contribution in [0.25, 0.3) is 0 Å². The fourth-order valence-corrected chi connectivity index (χ4v) is 3.06. The van der Waals surface area contributed by atoms with Gasteiger partial charge < -0.3 is 0 Å². The van der Waals surface area contributed by atoms with Crippen LogP contribution in [-0.2, 0) is 13.1 Å². The molecule has 0 spiro atoms. The van der Waals surface area contributed by atoms with Gasteiger partial charge in [-0.25, -0.2) is 0 Å². The number of hydrogen-bond acceptors (Lipinski definition) is 2. The van der Waals surface area contributed by atoms with Gasteiger partial charge in [-0.3, -0.25) is 9.58 Å². The lowest BCUT2D eigenvalue weighted by Crippen LogP contribution is -2.47. The maximum atomic E-state index is 5.86. The minimum absolute atomic E-state index is 0.679. The number of hydrogen-bond donors (Lipinski definition) is 0. The molecule has 1 fully saturated rings. The Morgan fingerprint density at radius 3 is 2.79 bits per heavy atom. The average Bonchev–Trinajstić information content (AvgIpc) is 2.75. The second-order valence-electron chi connectivity index (χ2n) is 5.03. The highest BCUT2D eigenvalue weighted by Gasteiger charge is 2.27. The van der Waals surface area contributed by atoms with E-state index >= 15 is 0 Å². The molecule has 3 rings (SSSR count). The molecule has 1 aliphatic heterocycles. The van der Waals surface area contributed by atoms with Gasteiger partial charge in [0.25, 0.3) is 0 Å². The summed E-state index contributed by atoms with van der Waals surface area (Å²) in [5.41, 5.74) is 1.35. The largest absolute Gasteiger partial charge is 0.298 e. The summed E-state index contributed by atoms with van der Waals surface area (Å²) in [6, 6.07) is 8.40. The Balaban J connectivity index is 1.49. The topological polar surface area (TPSA) is 21.1 Å². The summed E-state index contributed by atoms with van der Waals surface area (Å²) in [7, 11) is 0. The van der Waals surface area contributed by atoms with Crippen LogP contribution < -0.4 is 0 Å². The van der Waals surface area contributed by atoms with Crippen molar-refractivity contribution in [1.82, 2.24) is 14.7 Å². The van der Waals surface area contributed by atoms with Crippen LogP contribution in [0.5, 0.6) is 0 Å². The first-order chi connectivity index (χ1) is 9.20. The lowest BCUT2D eigenvalue weighted by molar-refractivity contribution is 0.0776. The fourth-order valence-electron chi connectivity index (χ4n) is 2.49. The van der Waals surface area contributed by atoms with Gasteiger partial charge in [0.15, 0.2) is 0 Å². The number of halogens is 2. The molecule has 100 valence electrons. The number of benzene rings is 1. The molecule has 0 bridgehead atoms. The van der Waals surface area contributed by atoms with Crippen LogP contribution in [0.2, 0.25) is 5.02 Å². The predicted molar refractivity (Wildman–Crippen MR) is 80.1 cm³/mol. The van der Waals surface area contributed by atoms with E-state index in [9.17, 15) is 0 Å². The maximum Gasteiger partial charge on any atom is 0.0785 e. The standard InChI is InChI=1S/C14H15BrClN3/c15-14-4-2-1-3-12(14)9-18-6-11(7-18)8-19-10-13(16)5-17-19/h1-5,10-11H,6-9H2. The van der Waals surface area contributed by atoms with Crippen molar-refractivity contribution in [1.29, 1.82) is 0 Å². The van der Waals surface area contributed by atoms with Crippen molar-refractivity contribution in [3.05, 3.63) is 51.7 Å². The van der Waals surface area contributed by atoms with Crippen LogP contribution in [0, 0.1) is 5.92 Å². The highest BCUT2D eigenvalue weighted by Crippen LogP contribution is 2.24. The summed E-state index contributed by atoms with van der Waals surface area (Å²) in [5, 5.41) is 4.93. The molecule has 0 atom stereocenters. The van der Waals surface area contributed by atoms with Gasteiger partial charge in [-0.05, 0) is 11.6 Å². The molecule has 2 heterocycles.